The number of esters is 3. The van der Waals surface area contributed by atoms with Crippen molar-refractivity contribution in [2.24, 2.45) is 23.2 Å². The quantitative estimate of drug-likeness (QED) is 0.448. The Labute approximate surface area is 152 Å². The maximum Gasteiger partial charge on any atom is 0.334 e. The van der Waals surface area contributed by atoms with Crippen LogP contribution in [0.3, 0.4) is 0 Å². The summed E-state index contributed by atoms with van der Waals surface area (Å²) in [4.78, 5) is 35.2. The van der Waals surface area contributed by atoms with Crippen LogP contribution in [0.25, 0.3) is 0 Å². The van der Waals surface area contributed by atoms with Crippen molar-refractivity contribution in [1.82, 2.24) is 0 Å². The molecule has 0 aromatic rings. The summed E-state index contributed by atoms with van der Waals surface area (Å²) >= 11 is 0. The van der Waals surface area contributed by atoms with Gasteiger partial charge < -0.3 is 19.3 Å². The summed E-state index contributed by atoms with van der Waals surface area (Å²) < 4.78 is 16.3. The van der Waals surface area contributed by atoms with E-state index in [2.05, 4.69) is 6.58 Å². The van der Waals surface area contributed by atoms with Gasteiger partial charge in [0.05, 0.1) is 0 Å². The summed E-state index contributed by atoms with van der Waals surface area (Å²) in [7, 11) is 0. The summed E-state index contributed by atoms with van der Waals surface area (Å²) in [5.74, 6) is -1.88. The van der Waals surface area contributed by atoms with E-state index in [9.17, 15) is 19.5 Å². The van der Waals surface area contributed by atoms with E-state index in [-0.39, 0.29) is 23.9 Å². The molecule has 2 saturated carbocycles. The third-order valence-electron chi connectivity index (χ3n) is 6.32. The van der Waals surface area contributed by atoms with Gasteiger partial charge in [0.2, 0.25) is 0 Å². The van der Waals surface area contributed by atoms with Crippen LogP contribution in [0.5, 0.6) is 0 Å². The minimum absolute atomic E-state index is 0.0201. The highest BCUT2D eigenvalue weighted by Crippen LogP contribution is 2.58. The van der Waals surface area contributed by atoms with Gasteiger partial charge in [0, 0.05) is 36.7 Å². The lowest BCUT2D eigenvalue weighted by atomic mass is 9.69. The van der Waals surface area contributed by atoms with Crippen molar-refractivity contribution in [3.63, 3.8) is 0 Å². The zero-order chi connectivity index (χ0) is 19.4. The first-order valence-corrected chi connectivity index (χ1v) is 8.98. The van der Waals surface area contributed by atoms with Crippen molar-refractivity contribution in [3.05, 3.63) is 12.2 Å². The number of aliphatic hydroxyl groups excluding tert-OH is 1. The molecule has 0 amide bonds. The lowest BCUT2D eigenvalue weighted by Gasteiger charge is -2.37. The van der Waals surface area contributed by atoms with Crippen LogP contribution in [0.15, 0.2) is 12.2 Å². The van der Waals surface area contributed by atoms with Crippen molar-refractivity contribution in [2.75, 3.05) is 0 Å². The molecule has 144 valence electrons. The molecule has 0 bridgehead atoms. The molecule has 7 heteroatoms. The van der Waals surface area contributed by atoms with E-state index in [1.165, 1.54) is 13.8 Å². The van der Waals surface area contributed by atoms with E-state index < -0.39 is 41.6 Å². The van der Waals surface area contributed by atoms with Crippen molar-refractivity contribution >= 4 is 17.9 Å². The molecule has 8 atom stereocenters. The molecule has 26 heavy (non-hydrogen) atoms. The van der Waals surface area contributed by atoms with Crippen LogP contribution in [0, 0.1) is 23.2 Å². The molecule has 0 spiro atoms. The van der Waals surface area contributed by atoms with Crippen LogP contribution in [-0.4, -0.2) is 47.4 Å². The number of rotatable bonds is 2. The van der Waals surface area contributed by atoms with Crippen molar-refractivity contribution < 1.29 is 33.7 Å². The van der Waals surface area contributed by atoms with Gasteiger partial charge in [0.25, 0.3) is 0 Å². The largest absolute Gasteiger partial charge is 0.458 e. The maximum absolute atomic E-state index is 11.9. The van der Waals surface area contributed by atoms with E-state index in [4.69, 9.17) is 14.2 Å². The van der Waals surface area contributed by atoms with E-state index in [1.807, 2.05) is 13.8 Å². The molecule has 7 nitrogen and oxygen atoms in total. The van der Waals surface area contributed by atoms with Crippen LogP contribution in [0.2, 0.25) is 0 Å². The SMILES string of the molecule is C=C1C(=O)OC2CC(C)C3C(OC(C)=O)C(OC(C)=O)C(O)C3(C)CC12. The zero-order valence-corrected chi connectivity index (χ0v) is 15.6. The Morgan fingerprint density at radius 1 is 1.23 bits per heavy atom. The van der Waals surface area contributed by atoms with Gasteiger partial charge in [0.1, 0.15) is 18.3 Å². The van der Waals surface area contributed by atoms with E-state index in [0.717, 1.165) is 0 Å². The van der Waals surface area contributed by atoms with Gasteiger partial charge in [-0.2, -0.15) is 0 Å². The molecule has 1 N–H and O–H groups in total. The van der Waals surface area contributed by atoms with Gasteiger partial charge in [-0.05, 0) is 18.8 Å². The van der Waals surface area contributed by atoms with Crippen molar-refractivity contribution in [3.8, 4) is 0 Å². The fourth-order valence-corrected chi connectivity index (χ4v) is 5.34. The van der Waals surface area contributed by atoms with E-state index in [0.29, 0.717) is 18.4 Å². The number of fused-ring (bicyclic) bond motifs is 2. The molecular formula is C19H26O7. The van der Waals surface area contributed by atoms with Gasteiger partial charge in [-0.3, -0.25) is 9.59 Å². The number of aliphatic hydroxyl groups is 1. The highest BCUT2D eigenvalue weighted by atomic mass is 16.6. The second-order valence-corrected chi connectivity index (χ2v) is 8.12. The van der Waals surface area contributed by atoms with Crippen LogP contribution in [0.4, 0.5) is 0 Å². The maximum atomic E-state index is 11.9. The number of carbonyl (C=O) groups is 3. The number of hydrogen-bond acceptors (Lipinski definition) is 7. The molecule has 1 saturated heterocycles. The normalized spacial score (nSPS) is 44.6. The molecule has 3 fully saturated rings. The molecule has 1 heterocycles. The fraction of sp³-hybridized carbons (Fsp3) is 0.737. The molecule has 3 rings (SSSR count). The smallest absolute Gasteiger partial charge is 0.334 e. The first-order valence-electron chi connectivity index (χ1n) is 8.98. The second-order valence-electron chi connectivity index (χ2n) is 8.12. The first-order chi connectivity index (χ1) is 12.1. The summed E-state index contributed by atoms with van der Waals surface area (Å²) in [5, 5.41) is 11.1. The van der Waals surface area contributed by atoms with Gasteiger partial charge in [-0.1, -0.05) is 20.4 Å². The average Bonchev–Trinajstić information content (AvgIpc) is 2.82. The predicted octanol–water partition coefficient (Wildman–Crippen LogP) is 1.37. The van der Waals surface area contributed by atoms with Crippen LogP contribution in [0.1, 0.15) is 40.5 Å². The van der Waals surface area contributed by atoms with Crippen LogP contribution >= 0.6 is 0 Å². The summed E-state index contributed by atoms with van der Waals surface area (Å²) in [6.07, 6.45) is -1.96. The molecule has 8 unspecified atom stereocenters. The Hall–Kier alpha value is -1.89. The van der Waals surface area contributed by atoms with Gasteiger partial charge in [-0.15, -0.1) is 0 Å². The lowest BCUT2D eigenvalue weighted by Crippen LogP contribution is -2.40. The fourth-order valence-electron chi connectivity index (χ4n) is 5.34. The molecule has 2 aliphatic carbocycles. The first kappa shape index (κ1) is 18.9. The molecule has 1 aliphatic heterocycles. The Morgan fingerprint density at radius 3 is 2.38 bits per heavy atom. The predicted molar refractivity (Wildman–Crippen MR) is 89.6 cm³/mol. The minimum atomic E-state index is -1.02. The monoisotopic (exact) mass is 366 g/mol. The third-order valence-corrected chi connectivity index (χ3v) is 6.32. The Kier molecular flexibility index (Phi) is 4.63. The minimum Gasteiger partial charge on any atom is -0.458 e. The molecular weight excluding hydrogens is 340 g/mol. The molecule has 0 aromatic carbocycles. The lowest BCUT2D eigenvalue weighted by molar-refractivity contribution is -0.171. The van der Waals surface area contributed by atoms with Gasteiger partial charge in [-0.25, -0.2) is 4.79 Å². The van der Waals surface area contributed by atoms with Crippen LogP contribution in [-0.2, 0) is 28.6 Å². The summed E-state index contributed by atoms with van der Waals surface area (Å²) in [6.45, 7) is 10.3. The molecule has 0 radical (unpaired) electrons. The highest BCUT2D eigenvalue weighted by molar-refractivity contribution is 5.90. The zero-order valence-electron chi connectivity index (χ0n) is 15.6. The Morgan fingerprint density at radius 2 is 1.81 bits per heavy atom. The number of hydrogen-bond donors (Lipinski definition) is 1. The highest BCUT2D eigenvalue weighted by Gasteiger charge is 2.65. The Balaban J connectivity index is 2.02. The van der Waals surface area contributed by atoms with Crippen LogP contribution < -0.4 is 0 Å². The summed E-state index contributed by atoms with van der Waals surface area (Å²) in [5.41, 5.74) is -0.299. The van der Waals surface area contributed by atoms with E-state index >= 15 is 0 Å². The third kappa shape index (κ3) is 2.82. The van der Waals surface area contributed by atoms with E-state index in [1.54, 1.807) is 0 Å². The Bertz CT molecular complexity index is 656. The average molecular weight is 366 g/mol. The van der Waals surface area contributed by atoms with Crippen molar-refractivity contribution in [1.29, 1.82) is 0 Å². The van der Waals surface area contributed by atoms with Gasteiger partial charge >= 0.3 is 17.9 Å². The molecule has 0 aromatic heterocycles. The van der Waals surface area contributed by atoms with Gasteiger partial charge in [0.15, 0.2) is 6.10 Å². The number of ether oxygens (including phenoxy) is 3. The molecule has 3 aliphatic rings. The second kappa shape index (κ2) is 6.37. The standard InChI is InChI=1S/C19H26O7/c1-8-6-13-12(9(2)18(23)26-13)7-19(5)14(8)15(24-10(3)20)16(17(19)22)25-11(4)21/h8,12-17,22H,2,6-7H2,1,3-5H3. The number of carbonyl (C=O) groups excluding carboxylic acids is 3. The summed E-state index contributed by atoms with van der Waals surface area (Å²) in [6, 6.07) is 0. The topological polar surface area (TPSA) is 99.1 Å². The van der Waals surface area contributed by atoms with Crippen molar-refractivity contribution in [2.45, 2.75) is 65.0 Å².